The van der Waals surface area contributed by atoms with E-state index in [1.165, 1.54) is 30.3 Å². The Balaban J connectivity index is 2.06. The van der Waals surface area contributed by atoms with Crippen LogP contribution in [0.2, 0.25) is 0 Å². The van der Waals surface area contributed by atoms with Crippen LogP contribution in [0.5, 0.6) is 0 Å². The van der Waals surface area contributed by atoms with Crippen molar-refractivity contribution in [1.29, 1.82) is 0 Å². The zero-order valence-corrected chi connectivity index (χ0v) is 19.5. The zero-order chi connectivity index (χ0) is 26.3. The molecule has 11 heteroatoms. The molecule has 0 bridgehead atoms. The summed E-state index contributed by atoms with van der Waals surface area (Å²) in [5.74, 6) is -0.652. The molecule has 0 spiro atoms. The Morgan fingerprint density at radius 1 is 1.00 bits per heavy atom. The van der Waals surface area contributed by atoms with Gasteiger partial charge in [0.05, 0.1) is 31.5 Å². The quantitative estimate of drug-likeness (QED) is 0.344. The molecule has 1 aliphatic rings. The van der Waals surface area contributed by atoms with E-state index < -0.39 is 54.3 Å². The summed E-state index contributed by atoms with van der Waals surface area (Å²) in [4.78, 5) is 11.4. The summed E-state index contributed by atoms with van der Waals surface area (Å²) in [6.07, 6.45) is -9.91. The lowest BCUT2D eigenvalue weighted by Gasteiger charge is -2.27. The van der Waals surface area contributed by atoms with Gasteiger partial charge >= 0.3 is 18.3 Å². The van der Waals surface area contributed by atoms with Gasteiger partial charge in [-0.15, -0.1) is 0 Å². The Morgan fingerprint density at radius 2 is 1.58 bits per heavy atom. The molecule has 1 saturated heterocycles. The fourth-order valence-electron chi connectivity index (χ4n) is 4.06. The minimum absolute atomic E-state index is 0.0853. The van der Waals surface area contributed by atoms with E-state index in [9.17, 15) is 31.1 Å². The fourth-order valence-corrected chi connectivity index (χ4v) is 4.06. The Labute approximate surface area is 204 Å². The third kappa shape index (κ3) is 7.44. The standard InChI is InChI=1S/C25H27F6NO4/c1-34-22(33)15-35-14-21(36-13-16-7-9-32-10-8-16)18-11-19(24(26,27)28)23(17-5-3-2-4-6-17)20(12-18)25(29,30)31/h2-6,11-12,16,21,32H,7-10,13-15H2,1H3. The van der Waals surface area contributed by atoms with Crippen molar-refractivity contribution in [2.24, 2.45) is 5.92 Å². The second kappa shape index (κ2) is 12.1. The molecule has 5 nitrogen and oxygen atoms in total. The lowest BCUT2D eigenvalue weighted by Crippen LogP contribution is -2.30. The van der Waals surface area contributed by atoms with Crippen molar-refractivity contribution in [1.82, 2.24) is 5.32 Å². The molecule has 0 radical (unpaired) electrons. The number of piperidine rings is 1. The molecule has 2 aromatic carbocycles. The average Bonchev–Trinajstić information content (AvgIpc) is 2.85. The highest BCUT2D eigenvalue weighted by molar-refractivity contribution is 5.73. The lowest BCUT2D eigenvalue weighted by molar-refractivity contribution is -0.147. The molecule has 0 saturated carbocycles. The van der Waals surface area contributed by atoms with Crippen molar-refractivity contribution < 1.29 is 45.3 Å². The summed E-state index contributed by atoms with van der Waals surface area (Å²) in [6.45, 7) is 0.639. The summed E-state index contributed by atoms with van der Waals surface area (Å²) in [5, 5.41) is 3.18. The summed E-state index contributed by atoms with van der Waals surface area (Å²) >= 11 is 0. The van der Waals surface area contributed by atoms with Gasteiger partial charge in [-0.05, 0) is 55.1 Å². The normalized spacial score (nSPS) is 16.1. The molecule has 1 heterocycles. The van der Waals surface area contributed by atoms with Gasteiger partial charge < -0.3 is 19.5 Å². The maximum atomic E-state index is 14.1. The van der Waals surface area contributed by atoms with Crippen LogP contribution in [0, 0.1) is 5.92 Å². The number of nitrogens with one attached hydrogen (secondary N) is 1. The number of esters is 1. The van der Waals surface area contributed by atoms with Gasteiger partial charge in [0.2, 0.25) is 0 Å². The number of hydrogen-bond donors (Lipinski definition) is 1. The first-order valence-corrected chi connectivity index (χ1v) is 11.3. The molecule has 0 aromatic heterocycles. The number of halogens is 6. The second-order valence-corrected chi connectivity index (χ2v) is 8.46. The van der Waals surface area contributed by atoms with Crippen LogP contribution >= 0.6 is 0 Å². The van der Waals surface area contributed by atoms with Gasteiger partial charge in [0.25, 0.3) is 0 Å². The maximum absolute atomic E-state index is 14.1. The van der Waals surface area contributed by atoms with Gasteiger partial charge in [0.15, 0.2) is 0 Å². The van der Waals surface area contributed by atoms with Crippen LogP contribution in [-0.2, 0) is 31.4 Å². The number of ether oxygens (including phenoxy) is 3. The number of benzene rings is 2. The minimum Gasteiger partial charge on any atom is -0.467 e. The van der Waals surface area contributed by atoms with Crippen LogP contribution in [0.15, 0.2) is 42.5 Å². The molecular formula is C25H27F6NO4. The van der Waals surface area contributed by atoms with Gasteiger partial charge in [-0.1, -0.05) is 30.3 Å². The molecule has 1 atom stereocenters. The lowest BCUT2D eigenvalue weighted by atomic mass is 9.90. The van der Waals surface area contributed by atoms with Gasteiger partial charge in [0, 0.05) is 5.56 Å². The van der Waals surface area contributed by atoms with Crippen molar-refractivity contribution in [2.75, 3.05) is 40.0 Å². The highest BCUT2D eigenvalue weighted by atomic mass is 19.4. The van der Waals surface area contributed by atoms with E-state index in [0.717, 1.165) is 33.0 Å². The van der Waals surface area contributed by atoms with E-state index in [4.69, 9.17) is 9.47 Å². The van der Waals surface area contributed by atoms with E-state index in [-0.39, 0.29) is 23.7 Å². The Hall–Kier alpha value is -2.63. The number of alkyl halides is 6. The molecule has 0 aliphatic carbocycles. The number of carbonyl (C=O) groups is 1. The van der Waals surface area contributed by atoms with E-state index in [1.54, 1.807) is 0 Å². The number of hydrogen-bond acceptors (Lipinski definition) is 5. The minimum atomic E-state index is -5.08. The topological polar surface area (TPSA) is 56.8 Å². The Morgan fingerprint density at radius 3 is 2.11 bits per heavy atom. The summed E-state index contributed by atoms with van der Waals surface area (Å²) in [6, 6.07) is 7.98. The molecule has 1 fully saturated rings. The Kier molecular flexibility index (Phi) is 9.37. The Bertz CT molecular complexity index is 969. The molecule has 0 amide bonds. The van der Waals surface area contributed by atoms with E-state index in [2.05, 4.69) is 10.1 Å². The van der Waals surface area contributed by atoms with E-state index in [1.807, 2.05) is 0 Å². The first-order valence-electron chi connectivity index (χ1n) is 11.3. The number of rotatable bonds is 9. The predicted molar refractivity (Wildman–Crippen MR) is 119 cm³/mol. The van der Waals surface area contributed by atoms with E-state index in [0.29, 0.717) is 12.1 Å². The predicted octanol–water partition coefficient (Wildman–Crippen LogP) is 5.64. The summed E-state index contributed by atoms with van der Waals surface area (Å²) in [5.41, 5.74) is -4.36. The first kappa shape index (κ1) is 27.9. The largest absolute Gasteiger partial charge is 0.467 e. The van der Waals surface area contributed by atoms with Gasteiger partial charge in [0.1, 0.15) is 12.7 Å². The smallest absolute Gasteiger partial charge is 0.417 e. The molecule has 1 unspecified atom stereocenters. The first-order chi connectivity index (χ1) is 17.0. The van der Waals surface area contributed by atoms with Crippen LogP contribution in [0.1, 0.15) is 35.6 Å². The molecule has 2 aromatic rings. The third-order valence-electron chi connectivity index (χ3n) is 5.91. The molecular weight excluding hydrogens is 492 g/mol. The van der Waals surface area contributed by atoms with Crippen LogP contribution in [0.3, 0.4) is 0 Å². The molecule has 36 heavy (non-hydrogen) atoms. The molecule has 3 rings (SSSR count). The number of carbonyl (C=O) groups excluding carboxylic acids is 1. The maximum Gasteiger partial charge on any atom is 0.417 e. The van der Waals surface area contributed by atoms with Crippen molar-refractivity contribution in [3.63, 3.8) is 0 Å². The summed E-state index contributed by atoms with van der Waals surface area (Å²) < 4.78 is 100. The molecule has 1 N–H and O–H groups in total. The van der Waals surface area contributed by atoms with Crippen LogP contribution in [0.25, 0.3) is 11.1 Å². The monoisotopic (exact) mass is 519 g/mol. The van der Waals surface area contributed by atoms with Gasteiger partial charge in [-0.2, -0.15) is 26.3 Å². The van der Waals surface area contributed by atoms with Gasteiger partial charge in [-0.25, -0.2) is 4.79 Å². The van der Waals surface area contributed by atoms with Crippen LogP contribution < -0.4 is 5.32 Å². The van der Waals surface area contributed by atoms with Crippen LogP contribution in [-0.4, -0.2) is 46.0 Å². The van der Waals surface area contributed by atoms with Crippen molar-refractivity contribution in [3.05, 3.63) is 59.2 Å². The van der Waals surface area contributed by atoms with Crippen LogP contribution in [0.4, 0.5) is 26.3 Å². The SMILES string of the molecule is COC(=O)COCC(OCC1CCNCC1)c1cc(C(F)(F)F)c(-c2ccccc2)c(C(F)(F)F)c1. The summed E-state index contributed by atoms with van der Waals surface area (Å²) in [7, 11) is 1.13. The van der Waals surface area contributed by atoms with Crippen molar-refractivity contribution in [3.8, 4) is 11.1 Å². The fraction of sp³-hybridized carbons (Fsp3) is 0.480. The third-order valence-corrected chi connectivity index (χ3v) is 5.91. The van der Waals surface area contributed by atoms with Crippen molar-refractivity contribution >= 4 is 5.97 Å². The van der Waals surface area contributed by atoms with Crippen molar-refractivity contribution in [2.45, 2.75) is 31.3 Å². The molecule has 1 aliphatic heterocycles. The number of methoxy groups -OCH3 is 1. The molecule has 198 valence electrons. The van der Waals surface area contributed by atoms with E-state index >= 15 is 0 Å². The highest BCUT2D eigenvalue weighted by Crippen LogP contribution is 2.46. The average molecular weight is 519 g/mol. The highest BCUT2D eigenvalue weighted by Gasteiger charge is 2.42. The van der Waals surface area contributed by atoms with Gasteiger partial charge in [-0.3, -0.25) is 0 Å². The zero-order valence-electron chi connectivity index (χ0n) is 19.5. The second-order valence-electron chi connectivity index (χ2n) is 8.46.